The first-order valence-corrected chi connectivity index (χ1v) is 13.8. The summed E-state index contributed by atoms with van der Waals surface area (Å²) in [6.07, 6.45) is 1.19. The third-order valence-electron chi connectivity index (χ3n) is 7.40. The van der Waals surface area contributed by atoms with Gasteiger partial charge in [-0.25, -0.2) is 9.97 Å². The van der Waals surface area contributed by atoms with Crippen LogP contribution in [0.25, 0.3) is 21.1 Å². The molecular formula is C28H26F3N7OS. The van der Waals surface area contributed by atoms with Gasteiger partial charge in [-0.3, -0.25) is 10.00 Å². The van der Waals surface area contributed by atoms with Crippen molar-refractivity contribution in [3.63, 3.8) is 0 Å². The van der Waals surface area contributed by atoms with Crippen LogP contribution in [-0.2, 0) is 19.5 Å². The lowest BCUT2D eigenvalue weighted by Gasteiger charge is -2.32. The monoisotopic (exact) mass is 565 g/mol. The first kappa shape index (κ1) is 26.3. The number of rotatable bonds is 7. The Balaban J connectivity index is 1.12. The molecule has 0 amide bonds. The summed E-state index contributed by atoms with van der Waals surface area (Å²) in [5.41, 5.74) is 5.02. The number of likely N-dealkylation sites (tertiary alicyclic amines) is 1. The van der Waals surface area contributed by atoms with Gasteiger partial charge in [0, 0.05) is 47.2 Å². The Labute approximate surface area is 232 Å². The fourth-order valence-corrected chi connectivity index (χ4v) is 6.37. The van der Waals surface area contributed by atoms with Crippen LogP contribution in [0.3, 0.4) is 0 Å². The van der Waals surface area contributed by atoms with Crippen molar-refractivity contribution >= 4 is 32.5 Å². The highest BCUT2D eigenvalue weighted by Gasteiger charge is 2.29. The van der Waals surface area contributed by atoms with E-state index in [-0.39, 0.29) is 11.0 Å². The van der Waals surface area contributed by atoms with E-state index in [1.165, 1.54) is 18.0 Å². The number of thiophene rings is 1. The number of ether oxygens (including phenoxy) is 1. The number of hydrogen-bond acceptors (Lipinski definition) is 7. The van der Waals surface area contributed by atoms with Crippen molar-refractivity contribution in [3.8, 4) is 11.9 Å². The standard InChI is InChI=1S/C28H26F3N7OS/c1-17-19(2-3-25-23(17)8-20(11-32)38(25)14-18-12-35-36-13-18)15-37-6-4-21(5-7-37)39-26-24-9-22(10-28(29,30)31)40-27(24)34-16-33-26/h2-3,8-9,12-13,16,21H,4-7,10,14-15H2,1H3,(H,35,36). The molecule has 6 rings (SSSR count). The van der Waals surface area contributed by atoms with Crippen molar-refractivity contribution < 1.29 is 17.9 Å². The van der Waals surface area contributed by atoms with Crippen molar-refractivity contribution in [3.05, 3.63) is 70.2 Å². The molecule has 0 atom stereocenters. The lowest BCUT2D eigenvalue weighted by atomic mass is 10.0. The molecule has 5 aromatic rings. The summed E-state index contributed by atoms with van der Waals surface area (Å²) in [4.78, 5) is 11.4. The van der Waals surface area contributed by atoms with Gasteiger partial charge in [-0.15, -0.1) is 11.3 Å². The fraction of sp³-hybridized carbons (Fsp3) is 0.357. The second-order valence-corrected chi connectivity index (χ2v) is 11.2. The second-order valence-electron chi connectivity index (χ2n) is 10.1. The van der Waals surface area contributed by atoms with Crippen LogP contribution in [0.2, 0.25) is 0 Å². The van der Waals surface area contributed by atoms with Gasteiger partial charge >= 0.3 is 6.18 Å². The first-order chi connectivity index (χ1) is 19.3. The molecule has 1 aliphatic heterocycles. The number of aromatic nitrogens is 5. The van der Waals surface area contributed by atoms with Gasteiger partial charge in [0.15, 0.2) is 0 Å². The average Bonchev–Trinajstić information content (AvgIpc) is 3.66. The quantitative estimate of drug-likeness (QED) is 0.270. The molecule has 5 heterocycles. The zero-order valence-corrected chi connectivity index (χ0v) is 22.5. The molecule has 1 N–H and O–H groups in total. The van der Waals surface area contributed by atoms with Gasteiger partial charge < -0.3 is 9.30 Å². The Kier molecular flexibility index (Phi) is 6.93. The minimum Gasteiger partial charge on any atom is -0.474 e. The number of piperidine rings is 1. The van der Waals surface area contributed by atoms with Crippen LogP contribution in [0, 0.1) is 18.3 Å². The Morgan fingerprint density at radius 3 is 2.70 bits per heavy atom. The number of aromatic amines is 1. The van der Waals surface area contributed by atoms with Crippen LogP contribution < -0.4 is 4.74 Å². The van der Waals surface area contributed by atoms with Crippen LogP contribution >= 0.6 is 11.3 Å². The summed E-state index contributed by atoms with van der Waals surface area (Å²) in [5, 5.41) is 18.2. The summed E-state index contributed by atoms with van der Waals surface area (Å²) in [6, 6.07) is 10.0. The van der Waals surface area contributed by atoms with Crippen molar-refractivity contribution in [1.29, 1.82) is 5.26 Å². The lowest BCUT2D eigenvalue weighted by molar-refractivity contribution is -0.126. The van der Waals surface area contributed by atoms with Crippen molar-refractivity contribution in [2.24, 2.45) is 0 Å². The Morgan fingerprint density at radius 1 is 1.15 bits per heavy atom. The maximum absolute atomic E-state index is 12.9. The number of alkyl halides is 3. The highest BCUT2D eigenvalue weighted by atomic mass is 32.1. The number of nitrogens with one attached hydrogen (secondary N) is 1. The third-order valence-corrected chi connectivity index (χ3v) is 8.45. The molecule has 0 spiro atoms. The topological polar surface area (TPSA) is 95.7 Å². The van der Waals surface area contributed by atoms with Crippen molar-refractivity contribution in [1.82, 2.24) is 29.6 Å². The molecule has 40 heavy (non-hydrogen) atoms. The molecule has 1 aromatic carbocycles. The van der Waals surface area contributed by atoms with E-state index in [2.05, 4.69) is 50.2 Å². The minimum absolute atomic E-state index is 0.0703. The SMILES string of the molecule is Cc1c(CN2CCC(Oc3ncnc4sc(CC(F)(F)F)cc34)CC2)ccc2c1cc(C#N)n2Cc1cn[nH]c1. The highest BCUT2D eigenvalue weighted by Crippen LogP contribution is 2.34. The van der Waals surface area contributed by atoms with E-state index in [4.69, 9.17) is 4.74 Å². The zero-order chi connectivity index (χ0) is 27.9. The molecule has 8 nitrogen and oxygen atoms in total. The van der Waals surface area contributed by atoms with E-state index in [0.717, 1.165) is 65.8 Å². The molecule has 206 valence electrons. The van der Waals surface area contributed by atoms with E-state index < -0.39 is 12.6 Å². The fourth-order valence-electron chi connectivity index (χ4n) is 5.35. The molecule has 1 fully saturated rings. The first-order valence-electron chi connectivity index (χ1n) is 13.0. The molecule has 4 aromatic heterocycles. The van der Waals surface area contributed by atoms with Crippen LogP contribution in [0.4, 0.5) is 13.2 Å². The predicted molar refractivity (Wildman–Crippen MR) is 145 cm³/mol. The summed E-state index contributed by atoms with van der Waals surface area (Å²) in [5.74, 6) is 0.350. The van der Waals surface area contributed by atoms with Crippen LogP contribution in [0.1, 0.15) is 40.1 Å². The Morgan fingerprint density at radius 2 is 1.98 bits per heavy atom. The lowest BCUT2D eigenvalue weighted by Crippen LogP contribution is -2.38. The molecule has 0 aliphatic carbocycles. The number of benzene rings is 1. The van der Waals surface area contributed by atoms with Gasteiger partial charge in [0.2, 0.25) is 5.88 Å². The Bertz CT molecular complexity index is 1690. The van der Waals surface area contributed by atoms with Crippen LogP contribution in [0.5, 0.6) is 5.88 Å². The van der Waals surface area contributed by atoms with E-state index in [0.29, 0.717) is 28.3 Å². The minimum atomic E-state index is -4.27. The normalized spacial score (nSPS) is 15.2. The predicted octanol–water partition coefficient (Wildman–Crippen LogP) is 5.75. The van der Waals surface area contributed by atoms with Gasteiger partial charge in [0.1, 0.15) is 29.0 Å². The number of aryl methyl sites for hydroxylation is 1. The van der Waals surface area contributed by atoms with Gasteiger partial charge in [0.05, 0.1) is 24.5 Å². The van der Waals surface area contributed by atoms with Gasteiger partial charge in [-0.05, 0) is 49.1 Å². The number of nitriles is 1. The average molecular weight is 566 g/mol. The summed E-state index contributed by atoms with van der Waals surface area (Å²) in [6.45, 7) is 5.11. The second kappa shape index (κ2) is 10.6. The smallest absolute Gasteiger partial charge is 0.393 e. The molecule has 0 unspecified atom stereocenters. The summed E-state index contributed by atoms with van der Waals surface area (Å²) in [7, 11) is 0. The molecule has 0 bridgehead atoms. The number of H-pyrrole nitrogens is 1. The van der Waals surface area contributed by atoms with Crippen LogP contribution in [-0.4, -0.2) is 55.0 Å². The third kappa shape index (κ3) is 5.39. The van der Waals surface area contributed by atoms with Crippen molar-refractivity contribution in [2.75, 3.05) is 13.1 Å². The van der Waals surface area contributed by atoms with Gasteiger partial charge in [-0.1, -0.05) is 6.07 Å². The largest absolute Gasteiger partial charge is 0.474 e. The van der Waals surface area contributed by atoms with E-state index in [9.17, 15) is 18.4 Å². The van der Waals surface area contributed by atoms with E-state index in [1.807, 2.05) is 16.8 Å². The van der Waals surface area contributed by atoms with Crippen LogP contribution in [0.15, 0.2) is 43.0 Å². The number of nitrogens with zero attached hydrogens (tertiary/aromatic N) is 6. The number of hydrogen-bond donors (Lipinski definition) is 1. The molecular weight excluding hydrogens is 539 g/mol. The van der Waals surface area contributed by atoms with Gasteiger partial charge in [-0.2, -0.15) is 23.5 Å². The Hall–Kier alpha value is -3.95. The molecule has 1 saturated heterocycles. The van der Waals surface area contributed by atoms with E-state index >= 15 is 0 Å². The maximum atomic E-state index is 12.9. The highest BCUT2D eigenvalue weighted by molar-refractivity contribution is 7.18. The molecule has 12 heteroatoms. The molecule has 0 saturated carbocycles. The number of fused-ring (bicyclic) bond motifs is 2. The summed E-state index contributed by atoms with van der Waals surface area (Å²) < 4.78 is 46.8. The molecule has 1 aliphatic rings. The van der Waals surface area contributed by atoms with E-state index in [1.54, 1.807) is 6.20 Å². The zero-order valence-electron chi connectivity index (χ0n) is 21.7. The number of halogens is 3. The van der Waals surface area contributed by atoms with Crippen molar-refractivity contribution in [2.45, 2.75) is 51.6 Å². The maximum Gasteiger partial charge on any atom is 0.393 e. The van der Waals surface area contributed by atoms with Gasteiger partial charge in [0.25, 0.3) is 0 Å². The summed E-state index contributed by atoms with van der Waals surface area (Å²) >= 11 is 1.03. The molecule has 0 radical (unpaired) electrons.